The minimum atomic E-state index is 0.427. The van der Waals surface area contributed by atoms with Gasteiger partial charge in [0.2, 0.25) is 0 Å². The normalized spacial score (nSPS) is 17.2. The van der Waals surface area contributed by atoms with Crippen LogP contribution in [0.2, 0.25) is 0 Å². The lowest BCUT2D eigenvalue weighted by molar-refractivity contribution is 0.252. The summed E-state index contributed by atoms with van der Waals surface area (Å²) >= 11 is 0. The third kappa shape index (κ3) is 1.44. The molecule has 0 bridgehead atoms. The second-order valence-corrected chi connectivity index (χ2v) is 4.49. The van der Waals surface area contributed by atoms with E-state index in [1.54, 1.807) is 0 Å². The lowest BCUT2D eigenvalue weighted by Gasteiger charge is -2.26. The summed E-state index contributed by atoms with van der Waals surface area (Å²) < 4.78 is 2.32. The first kappa shape index (κ1) is 10.6. The topological polar surface area (TPSA) is 8.17 Å². The van der Waals surface area contributed by atoms with E-state index in [9.17, 15) is 0 Å². The number of rotatable bonds is 3. The minimum Gasteiger partial charge on any atom is -0.319 e. The van der Waals surface area contributed by atoms with Gasteiger partial charge in [0.05, 0.1) is 11.7 Å². The maximum absolute atomic E-state index is 2.51. The highest BCUT2D eigenvalue weighted by Crippen LogP contribution is 2.39. The molecule has 1 aromatic heterocycles. The molecule has 2 heterocycles. The van der Waals surface area contributed by atoms with E-state index < -0.39 is 0 Å². The summed E-state index contributed by atoms with van der Waals surface area (Å²) in [5.74, 6) is 0. The Hall–Kier alpha value is -1.54. The molecule has 0 amide bonds. The number of fused-ring (bicyclic) bond motifs is 3. The first-order valence-electron chi connectivity index (χ1n) is 6.37. The second-order valence-electron chi connectivity index (χ2n) is 4.49. The average Bonchev–Trinajstić information content (AvgIpc) is 2.93. The van der Waals surface area contributed by atoms with Crippen LogP contribution in [0.3, 0.4) is 0 Å². The first-order chi connectivity index (χ1) is 8.36. The molecule has 0 radical (unpaired) electrons. The zero-order valence-electron chi connectivity index (χ0n) is 10.4. The molecule has 2 heteroatoms. The van der Waals surface area contributed by atoms with Crippen LogP contribution >= 0.6 is 0 Å². The number of nitrogens with zero attached hydrogens (tertiary/aromatic N) is 2. The third-order valence-electron chi connectivity index (χ3n) is 3.73. The zero-order valence-corrected chi connectivity index (χ0v) is 10.4. The molecule has 0 saturated heterocycles. The first-order valence-corrected chi connectivity index (χ1v) is 6.37. The number of benzene rings is 1. The van der Waals surface area contributed by atoms with Crippen LogP contribution in [-0.4, -0.2) is 22.6 Å². The quantitative estimate of drug-likeness (QED) is 0.780. The molecule has 0 saturated carbocycles. The summed E-state index contributed by atoms with van der Waals surface area (Å²) in [6, 6.07) is 13.5. The van der Waals surface area contributed by atoms with Crippen molar-refractivity contribution in [3.05, 3.63) is 53.9 Å². The number of hydrogen-bond acceptors (Lipinski definition) is 1. The molecule has 0 spiro atoms. The van der Waals surface area contributed by atoms with E-state index in [1.807, 2.05) is 0 Å². The molecule has 1 unspecified atom stereocenters. The molecule has 0 aliphatic carbocycles. The van der Waals surface area contributed by atoms with Crippen molar-refractivity contribution in [2.24, 2.45) is 0 Å². The smallest absolute Gasteiger partial charge is 0.0780 e. The molecule has 17 heavy (non-hydrogen) atoms. The fraction of sp³-hybridized carbons (Fsp3) is 0.333. The van der Waals surface area contributed by atoms with Crippen molar-refractivity contribution in [1.82, 2.24) is 9.47 Å². The van der Waals surface area contributed by atoms with E-state index in [4.69, 9.17) is 0 Å². The highest BCUT2D eigenvalue weighted by molar-refractivity contribution is 5.53. The molecule has 2 aromatic rings. The fourth-order valence-corrected chi connectivity index (χ4v) is 2.91. The third-order valence-corrected chi connectivity index (χ3v) is 3.73. The predicted molar refractivity (Wildman–Crippen MR) is 70.5 cm³/mol. The van der Waals surface area contributed by atoms with E-state index in [0.29, 0.717) is 6.04 Å². The standard InChI is InChI=1S/C15H18N2/c1-3-16(4-2)15-12-8-5-6-9-13(12)17-11-7-10-14(15)17/h5-11,15H,3-4H2,1-2H3. The summed E-state index contributed by atoms with van der Waals surface area (Å²) in [7, 11) is 0. The van der Waals surface area contributed by atoms with Crippen LogP contribution < -0.4 is 0 Å². The van der Waals surface area contributed by atoms with E-state index >= 15 is 0 Å². The van der Waals surface area contributed by atoms with Crippen molar-refractivity contribution in [2.45, 2.75) is 19.9 Å². The molecular formula is C15H18N2. The molecular weight excluding hydrogens is 208 g/mol. The van der Waals surface area contributed by atoms with E-state index in [2.05, 4.69) is 65.9 Å². The number of para-hydroxylation sites is 1. The highest BCUT2D eigenvalue weighted by Gasteiger charge is 2.31. The molecule has 1 aliphatic rings. The molecule has 0 fully saturated rings. The van der Waals surface area contributed by atoms with Crippen molar-refractivity contribution >= 4 is 0 Å². The van der Waals surface area contributed by atoms with Crippen LogP contribution in [0.1, 0.15) is 31.1 Å². The van der Waals surface area contributed by atoms with Crippen LogP contribution in [0.15, 0.2) is 42.6 Å². The van der Waals surface area contributed by atoms with Crippen LogP contribution in [0.4, 0.5) is 0 Å². The van der Waals surface area contributed by atoms with Gasteiger partial charge in [-0.25, -0.2) is 0 Å². The minimum absolute atomic E-state index is 0.427. The Labute approximate surface area is 102 Å². The van der Waals surface area contributed by atoms with Gasteiger partial charge in [0.25, 0.3) is 0 Å². The van der Waals surface area contributed by atoms with Crippen LogP contribution in [0.25, 0.3) is 5.69 Å². The van der Waals surface area contributed by atoms with Gasteiger partial charge in [-0.2, -0.15) is 0 Å². The van der Waals surface area contributed by atoms with E-state index in [0.717, 1.165) is 13.1 Å². The monoisotopic (exact) mass is 226 g/mol. The molecule has 1 aliphatic heterocycles. The Kier molecular flexibility index (Phi) is 2.52. The van der Waals surface area contributed by atoms with Crippen molar-refractivity contribution in [3.63, 3.8) is 0 Å². The van der Waals surface area contributed by atoms with Crippen molar-refractivity contribution in [3.8, 4) is 5.69 Å². The Morgan fingerprint density at radius 2 is 1.82 bits per heavy atom. The Morgan fingerprint density at radius 3 is 2.59 bits per heavy atom. The second kappa shape index (κ2) is 4.04. The summed E-state index contributed by atoms with van der Waals surface area (Å²) in [5, 5.41) is 0. The summed E-state index contributed by atoms with van der Waals surface area (Å²) in [6.07, 6.45) is 2.16. The largest absolute Gasteiger partial charge is 0.319 e. The lowest BCUT2D eigenvalue weighted by atomic mass is 10.0. The van der Waals surface area contributed by atoms with E-state index in [1.165, 1.54) is 16.9 Å². The molecule has 1 atom stereocenters. The van der Waals surface area contributed by atoms with Gasteiger partial charge in [-0.15, -0.1) is 0 Å². The van der Waals surface area contributed by atoms with Gasteiger partial charge < -0.3 is 4.57 Å². The molecule has 2 nitrogen and oxygen atoms in total. The van der Waals surface area contributed by atoms with Crippen LogP contribution in [0, 0.1) is 0 Å². The highest BCUT2D eigenvalue weighted by atomic mass is 15.2. The summed E-state index contributed by atoms with van der Waals surface area (Å²) in [4.78, 5) is 2.51. The molecule has 3 rings (SSSR count). The summed E-state index contributed by atoms with van der Waals surface area (Å²) in [6.45, 7) is 6.64. The van der Waals surface area contributed by atoms with Gasteiger partial charge in [0, 0.05) is 11.9 Å². The van der Waals surface area contributed by atoms with Gasteiger partial charge >= 0.3 is 0 Å². The average molecular weight is 226 g/mol. The zero-order chi connectivity index (χ0) is 11.8. The van der Waals surface area contributed by atoms with Crippen LogP contribution in [0.5, 0.6) is 0 Å². The Bertz CT molecular complexity index is 523. The van der Waals surface area contributed by atoms with Gasteiger partial charge in [0.15, 0.2) is 0 Å². The van der Waals surface area contributed by atoms with E-state index in [-0.39, 0.29) is 0 Å². The Balaban J connectivity index is 2.17. The fourth-order valence-electron chi connectivity index (χ4n) is 2.91. The summed E-state index contributed by atoms with van der Waals surface area (Å²) in [5.41, 5.74) is 4.17. The van der Waals surface area contributed by atoms with Gasteiger partial charge in [-0.05, 0) is 36.9 Å². The molecule has 1 aromatic carbocycles. The van der Waals surface area contributed by atoms with Gasteiger partial charge in [-0.1, -0.05) is 32.0 Å². The maximum Gasteiger partial charge on any atom is 0.0780 e. The number of aromatic nitrogens is 1. The van der Waals surface area contributed by atoms with Gasteiger partial charge in [-0.3, -0.25) is 4.90 Å². The van der Waals surface area contributed by atoms with Crippen molar-refractivity contribution < 1.29 is 0 Å². The van der Waals surface area contributed by atoms with Crippen molar-refractivity contribution in [2.75, 3.05) is 13.1 Å². The predicted octanol–water partition coefficient (Wildman–Crippen LogP) is 3.22. The van der Waals surface area contributed by atoms with Gasteiger partial charge in [0.1, 0.15) is 0 Å². The number of hydrogen-bond donors (Lipinski definition) is 0. The van der Waals surface area contributed by atoms with Crippen LogP contribution in [-0.2, 0) is 0 Å². The molecule has 0 N–H and O–H groups in total. The lowest BCUT2D eigenvalue weighted by Crippen LogP contribution is -2.28. The SMILES string of the molecule is CCN(CC)C1c2ccccc2-n2cccc21. The molecule has 88 valence electrons. The maximum atomic E-state index is 2.51. The Morgan fingerprint density at radius 1 is 1.06 bits per heavy atom. The van der Waals surface area contributed by atoms with Crippen molar-refractivity contribution in [1.29, 1.82) is 0 Å².